The first-order valence-electron chi connectivity index (χ1n) is 9.51. The number of carbonyl (C=O) groups excluding carboxylic acids is 2. The van der Waals surface area contributed by atoms with Crippen LogP contribution in [-0.4, -0.2) is 28.2 Å². The van der Waals surface area contributed by atoms with Crippen molar-refractivity contribution in [3.8, 4) is 5.75 Å². The van der Waals surface area contributed by atoms with E-state index in [1.165, 1.54) is 0 Å². The Balaban J connectivity index is 1.65. The maximum absolute atomic E-state index is 12.6. The first-order chi connectivity index (χ1) is 14.4. The summed E-state index contributed by atoms with van der Waals surface area (Å²) in [7, 11) is 0. The molecule has 156 valence electrons. The molecule has 0 fully saturated rings. The van der Waals surface area contributed by atoms with Gasteiger partial charge in [-0.1, -0.05) is 41.4 Å². The highest BCUT2D eigenvalue weighted by molar-refractivity contribution is 6.33. The van der Waals surface area contributed by atoms with E-state index in [-0.39, 0.29) is 10.7 Å². The molecular weight excluding hydrogens is 404 g/mol. The number of amides is 2. The Morgan fingerprint density at radius 2 is 1.63 bits per heavy atom. The number of aryl methyl sites for hydroxylation is 2. The summed E-state index contributed by atoms with van der Waals surface area (Å²) in [4.78, 5) is 24.9. The number of nitrogens with one attached hydrogen (secondary N) is 2. The van der Waals surface area contributed by atoms with Crippen LogP contribution in [0.3, 0.4) is 0 Å². The molecule has 1 heterocycles. The molecule has 2 amide bonds. The van der Waals surface area contributed by atoms with Gasteiger partial charge in [0.25, 0.3) is 11.8 Å². The Hall–Kier alpha value is -3.32. The quantitative estimate of drug-likeness (QED) is 0.589. The van der Waals surface area contributed by atoms with Crippen molar-refractivity contribution in [1.82, 2.24) is 20.6 Å². The number of hydrogen-bond acceptors (Lipinski definition) is 4. The number of aromatic nitrogens is 2. The van der Waals surface area contributed by atoms with Gasteiger partial charge in [-0.3, -0.25) is 20.4 Å². The topological polar surface area (TPSA) is 85.2 Å². The first-order valence-corrected chi connectivity index (χ1v) is 9.88. The fourth-order valence-corrected chi connectivity index (χ4v) is 3.22. The number of halogens is 1. The van der Waals surface area contributed by atoms with Crippen LogP contribution < -0.4 is 15.6 Å². The van der Waals surface area contributed by atoms with Gasteiger partial charge in [-0.2, -0.15) is 5.10 Å². The molecule has 0 saturated heterocycles. The number of ether oxygens (including phenoxy) is 1. The lowest BCUT2D eigenvalue weighted by molar-refractivity contribution is 0.0846. The molecule has 0 radical (unpaired) electrons. The van der Waals surface area contributed by atoms with Gasteiger partial charge in [0.05, 0.1) is 18.8 Å². The third-order valence-electron chi connectivity index (χ3n) is 4.46. The highest BCUT2D eigenvalue weighted by Gasteiger charge is 2.21. The van der Waals surface area contributed by atoms with Crippen LogP contribution in [0.2, 0.25) is 5.15 Å². The molecule has 1 aromatic heterocycles. The number of nitrogens with zero attached hydrogens (tertiary/aromatic N) is 2. The van der Waals surface area contributed by atoms with Crippen LogP contribution in [0.25, 0.3) is 0 Å². The third-order valence-corrected chi connectivity index (χ3v) is 4.85. The van der Waals surface area contributed by atoms with Gasteiger partial charge in [-0.15, -0.1) is 0 Å². The zero-order valence-electron chi connectivity index (χ0n) is 17.0. The molecule has 0 saturated carbocycles. The monoisotopic (exact) mass is 426 g/mol. The third kappa shape index (κ3) is 4.99. The van der Waals surface area contributed by atoms with E-state index in [0.717, 1.165) is 11.1 Å². The van der Waals surface area contributed by atoms with Crippen molar-refractivity contribution < 1.29 is 14.3 Å². The zero-order valence-corrected chi connectivity index (χ0v) is 17.8. The fraction of sp³-hybridized carbons (Fsp3) is 0.227. The Morgan fingerprint density at radius 1 is 1.00 bits per heavy atom. The molecule has 3 rings (SSSR count). The van der Waals surface area contributed by atoms with Crippen molar-refractivity contribution in [2.75, 3.05) is 6.61 Å². The van der Waals surface area contributed by atoms with Crippen LogP contribution >= 0.6 is 11.6 Å². The van der Waals surface area contributed by atoms with Gasteiger partial charge in [0.2, 0.25) is 0 Å². The molecule has 8 heteroatoms. The predicted octanol–water partition coefficient (Wildman–Crippen LogP) is 3.68. The molecule has 7 nitrogen and oxygen atoms in total. The van der Waals surface area contributed by atoms with Gasteiger partial charge >= 0.3 is 0 Å². The zero-order chi connectivity index (χ0) is 21.7. The van der Waals surface area contributed by atoms with Crippen molar-refractivity contribution in [3.63, 3.8) is 0 Å². The highest BCUT2D eigenvalue weighted by atomic mass is 35.5. The first kappa shape index (κ1) is 21.4. The predicted molar refractivity (Wildman–Crippen MR) is 115 cm³/mol. The lowest BCUT2D eigenvalue weighted by atomic mass is 10.1. The molecule has 30 heavy (non-hydrogen) atoms. The second kappa shape index (κ2) is 9.45. The van der Waals surface area contributed by atoms with Crippen molar-refractivity contribution in [2.45, 2.75) is 27.3 Å². The SMILES string of the molecule is CCOc1ccc(C(=O)NNC(=O)c2c(C)nn(Cc3ccc(C)cc3)c2Cl)cc1. The van der Waals surface area contributed by atoms with E-state index in [1.54, 1.807) is 35.9 Å². The maximum atomic E-state index is 12.6. The largest absolute Gasteiger partial charge is 0.494 e. The van der Waals surface area contributed by atoms with Gasteiger partial charge in [-0.25, -0.2) is 4.68 Å². The lowest BCUT2D eigenvalue weighted by Crippen LogP contribution is -2.41. The summed E-state index contributed by atoms with van der Waals surface area (Å²) >= 11 is 6.40. The minimum absolute atomic E-state index is 0.209. The van der Waals surface area contributed by atoms with Crippen LogP contribution in [0.5, 0.6) is 5.75 Å². The minimum atomic E-state index is -0.535. The molecule has 0 aliphatic rings. The highest BCUT2D eigenvalue weighted by Crippen LogP contribution is 2.21. The number of hydrazine groups is 1. The van der Waals surface area contributed by atoms with Crippen molar-refractivity contribution in [2.24, 2.45) is 0 Å². The molecular formula is C22H23ClN4O3. The van der Waals surface area contributed by atoms with Gasteiger partial charge < -0.3 is 4.74 Å². The molecule has 2 N–H and O–H groups in total. The minimum Gasteiger partial charge on any atom is -0.494 e. The maximum Gasteiger partial charge on any atom is 0.274 e. The smallest absolute Gasteiger partial charge is 0.274 e. The second-order valence-electron chi connectivity index (χ2n) is 6.76. The lowest BCUT2D eigenvalue weighted by Gasteiger charge is -2.08. The van der Waals surface area contributed by atoms with E-state index in [2.05, 4.69) is 16.0 Å². The summed E-state index contributed by atoms with van der Waals surface area (Å²) in [6, 6.07) is 14.6. The van der Waals surface area contributed by atoms with E-state index >= 15 is 0 Å². The number of benzene rings is 2. The fourth-order valence-electron chi connectivity index (χ4n) is 2.90. The van der Waals surface area contributed by atoms with Crippen molar-refractivity contribution in [1.29, 1.82) is 0 Å². The standard InChI is InChI=1S/C22H23ClN4O3/c1-4-30-18-11-9-17(10-12-18)21(28)24-25-22(29)19-15(3)26-27(20(19)23)13-16-7-5-14(2)6-8-16/h5-12H,4,13H2,1-3H3,(H,24,28)(H,25,29). The Morgan fingerprint density at radius 3 is 2.27 bits per heavy atom. The normalized spacial score (nSPS) is 10.5. The van der Waals surface area contributed by atoms with Crippen LogP contribution in [0.15, 0.2) is 48.5 Å². The Kier molecular flexibility index (Phi) is 6.74. The molecule has 0 spiro atoms. The average Bonchev–Trinajstić information content (AvgIpc) is 3.01. The Labute approximate surface area is 180 Å². The van der Waals surface area contributed by atoms with E-state index in [9.17, 15) is 9.59 Å². The van der Waals surface area contributed by atoms with Gasteiger partial charge in [-0.05, 0) is 50.6 Å². The van der Waals surface area contributed by atoms with Crippen LogP contribution in [-0.2, 0) is 6.54 Å². The molecule has 3 aromatic rings. The van der Waals surface area contributed by atoms with E-state index in [0.29, 0.717) is 30.2 Å². The molecule has 0 bridgehead atoms. The van der Waals surface area contributed by atoms with Crippen molar-refractivity contribution >= 4 is 23.4 Å². The number of hydrogen-bond donors (Lipinski definition) is 2. The molecule has 2 aromatic carbocycles. The summed E-state index contributed by atoms with van der Waals surface area (Å²) in [5.41, 5.74) is 8.04. The van der Waals surface area contributed by atoms with E-state index in [1.807, 2.05) is 38.1 Å². The molecule has 0 atom stereocenters. The summed E-state index contributed by atoms with van der Waals surface area (Å²) in [5, 5.41) is 4.57. The van der Waals surface area contributed by atoms with E-state index in [4.69, 9.17) is 16.3 Å². The van der Waals surface area contributed by atoms with Crippen molar-refractivity contribution in [3.05, 3.63) is 81.6 Å². The van der Waals surface area contributed by atoms with Gasteiger partial charge in [0, 0.05) is 5.56 Å². The molecule has 0 aliphatic carbocycles. The number of rotatable bonds is 6. The number of carbonyl (C=O) groups is 2. The van der Waals surface area contributed by atoms with Gasteiger partial charge in [0.15, 0.2) is 0 Å². The molecule has 0 aliphatic heterocycles. The van der Waals surface area contributed by atoms with E-state index < -0.39 is 11.8 Å². The Bertz CT molecular complexity index is 1040. The summed E-state index contributed by atoms with van der Waals surface area (Å²) < 4.78 is 6.91. The van der Waals surface area contributed by atoms with Crippen LogP contribution in [0.4, 0.5) is 0 Å². The summed E-state index contributed by atoms with van der Waals surface area (Å²) in [5.74, 6) is -0.319. The van der Waals surface area contributed by atoms with Crippen LogP contribution in [0, 0.1) is 13.8 Å². The summed E-state index contributed by atoms with van der Waals surface area (Å²) in [6.45, 7) is 6.57. The molecule has 0 unspecified atom stereocenters. The van der Waals surface area contributed by atoms with Crippen LogP contribution in [0.1, 0.15) is 44.5 Å². The average molecular weight is 427 g/mol. The second-order valence-corrected chi connectivity index (χ2v) is 7.12. The van der Waals surface area contributed by atoms with Gasteiger partial charge in [0.1, 0.15) is 16.5 Å². The summed E-state index contributed by atoms with van der Waals surface area (Å²) in [6.07, 6.45) is 0.